The fourth-order valence-electron chi connectivity index (χ4n) is 3.79. The predicted molar refractivity (Wildman–Crippen MR) is 118 cm³/mol. The van der Waals surface area contributed by atoms with Crippen molar-refractivity contribution in [3.8, 4) is 0 Å². The predicted octanol–water partition coefficient (Wildman–Crippen LogP) is 3.26. The van der Waals surface area contributed by atoms with Gasteiger partial charge < -0.3 is 20.5 Å². The molecule has 1 aromatic carbocycles. The molecule has 1 aliphatic heterocycles. The van der Waals surface area contributed by atoms with Gasteiger partial charge in [0.15, 0.2) is 0 Å². The van der Waals surface area contributed by atoms with Crippen LogP contribution in [0.5, 0.6) is 0 Å². The molecule has 0 spiro atoms. The van der Waals surface area contributed by atoms with E-state index in [0.717, 1.165) is 42.1 Å². The van der Waals surface area contributed by atoms with E-state index in [9.17, 15) is 14.0 Å². The summed E-state index contributed by atoms with van der Waals surface area (Å²) >= 11 is 0. The van der Waals surface area contributed by atoms with Gasteiger partial charge in [0.05, 0.1) is 12.0 Å². The first-order chi connectivity index (χ1) is 14.3. The minimum absolute atomic E-state index is 0.0300. The van der Waals surface area contributed by atoms with Crippen molar-refractivity contribution in [2.75, 3.05) is 31.5 Å². The largest absolute Gasteiger partial charge is 0.359 e. The van der Waals surface area contributed by atoms with Gasteiger partial charge in [-0.05, 0) is 62.3 Å². The summed E-state index contributed by atoms with van der Waals surface area (Å²) in [6.45, 7) is 11.4. The molecule has 0 unspecified atom stereocenters. The number of halogens is 1. The van der Waals surface area contributed by atoms with Crippen LogP contribution in [0, 0.1) is 19.7 Å². The van der Waals surface area contributed by atoms with Crippen LogP contribution in [0.25, 0.3) is 11.6 Å². The molecule has 2 heterocycles. The number of hydrogen-bond acceptors (Lipinski definition) is 3. The monoisotopic (exact) mass is 412 g/mol. The molecule has 0 atom stereocenters. The summed E-state index contributed by atoms with van der Waals surface area (Å²) in [5, 5.41) is 5.73. The van der Waals surface area contributed by atoms with Gasteiger partial charge in [-0.25, -0.2) is 4.39 Å². The topological polar surface area (TPSA) is 77.2 Å². The van der Waals surface area contributed by atoms with Crippen LogP contribution in [0.15, 0.2) is 18.2 Å². The first-order valence-electron chi connectivity index (χ1n) is 10.3. The van der Waals surface area contributed by atoms with Gasteiger partial charge in [0.1, 0.15) is 5.82 Å². The van der Waals surface area contributed by atoms with E-state index in [4.69, 9.17) is 0 Å². The van der Waals surface area contributed by atoms with E-state index in [2.05, 4.69) is 34.4 Å². The SMILES string of the molecule is CCN(CC)CCNC(=O)Cc1c(C)[nH]c(/C=C2\C(=O)Nc3ccc(F)cc32)c1C. The zero-order chi connectivity index (χ0) is 21.8. The fourth-order valence-corrected chi connectivity index (χ4v) is 3.79. The highest BCUT2D eigenvalue weighted by molar-refractivity contribution is 6.34. The van der Waals surface area contributed by atoms with Gasteiger partial charge in [-0.1, -0.05) is 13.8 Å². The Kier molecular flexibility index (Phi) is 6.72. The van der Waals surface area contributed by atoms with E-state index in [-0.39, 0.29) is 18.2 Å². The summed E-state index contributed by atoms with van der Waals surface area (Å²) in [6, 6.07) is 4.24. The summed E-state index contributed by atoms with van der Waals surface area (Å²) in [7, 11) is 0. The van der Waals surface area contributed by atoms with Crippen LogP contribution < -0.4 is 10.6 Å². The molecule has 0 bridgehead atoms. The summed E-state index contributed by atoms with van der Waals surface area (Å²) in [5.41, 5.74) is 5.02. The number of aromatic amines is 1. The van der Waals surface area contributed by atoms with E-state index >= 15 is 0 Å². The maximum atomic E-state index is 13.7. The summed E-state index contributed by atoms with van der Waals surface area (Å²) in [6.07, 6.45) is 2.00. The average molecular weight is 413 g/mol. The molecule has 160 valence electrons. The third-order valence-corrected chi connectivity index (χ3v) is 5.67. The van der Waals surface area contributed by atoms with Crippen LogP contribution in [0.1, 0.15) is 41.9 Å². The first-order valence-corrected chi connectivity index (χ1v) is 10.3. The Morgan fingerprint density at radius 3 is 2.67 bits per heavy atom. The molecule has 3 N–H and O–H groups in total. The van der Waals surface area contributed by atoms with Crippen molar-refractivity contribution in [3.05, 3.63) is 52.1 Å². The smallest absolute Gasteiger partial charge is 0.256 e. The molecule has 2 aromatic rings. The normalized spacial score (nSPS) is 14.3. The standard InChI is InChI=1S/C23H29FN4O2/c1-5-28(6-2)10-9-25-22(29)13-17-14(3)21(26-15(17)4)12-19-18-11-16(24)7-8-20(18)27-23(19)30/h7-8,11-12,26H,5-6,9-10,13H2,1-4H3,(H,25,29)(H,27,30)/b19-12-. The highest BCUT2D eigenvalue weighted by Crippen LogP contribution is 2.34. The van der Waals surface area contributed by atoms with E-state index in [0.29, 0.717) is 23.4 Å². The molecule has 0 saturated carbocycles. The fraction of sp³-hybridized carbons (Fsp3) is 0.391. The minimum atomic E-state index is -0.391. The maximum absolute atomic E-state index is 13.7. The number of nitrogens with zero attached hydrogens (tertiary/aromatic N) is 1. The Bertz CT molecular complexity index is 989. The van der Waals surface area contributed by atoms with Crippen LogP contribution in [0.4, 0.5) is 10.1 Å². The number of H-pyrrole nitrogens is 1. The lowest BCUT2D eigenvalue weighted by Gasteiger charge is -2.18. The van der Waals surface area contributed by atoms with Crippen LogP contribution in [-0.4, -0.2) is 47.9 Å². The molecule has 2 amide bonds. The molecule has 0 saturated heterocycles. The molecule has 0 fully saturated rings. The van der Waals surface area contributed by atoms with Crippen molar-refractivity contribution in [2.24, 2.45) is 0 Å². The van der Waals surface area contributed by atoms with Crippen molar-refractivity contribution in [1.82, 2.24) is 15.2 Å². The van der Waals surface area contributed by atoms with Gasteiger partial charge in [0.2, 0.25) is 5.91 Å². The summed E-state index contributed by atoms with van der Waals surface area (Å²) < 4.78 is 13.7. The van der Waals surface area contributed by atoms with Crippen molar-refractivity contribution in [1.29, 1.82) is 0 Å². The lowest BCUT2D eigenvalue weighted by molar-refractivity contribution is -0.120. The van der Waals surface area contributed by atoms with Gasteiger partial charge in [-0.15, -0.1) is 0 Å². The number of aromatic nitrogens is 1. The van der Waals surface area contributed by atoms with Crippen LogP contribution >= 0.6 is 0 Å². The number of likely N-dealkylation sites (N-methyl/N-ethyl adjacent to an activating group) is 1. The highest BCUT2D eigenvalue weighted by atomic mass is 19.1. The number of carbonyl (C=O) groups is 2. The average Bonchev–Trinajstić information content (AvgIpc) is 3.16. The number of anilines is 1. The molecule has 6 nitrogen and oxygen atoms in total. The Hall–Kier alpha value is -2.93. The third kappa shape index (κ3) is 4.62. The van der Waals surface area contributed by atoms with Crippen molar-refractivity contribution >= 4 is 29.2 Å². The lowest BCUT2D eigenvalue weighted by Crippen LogP contribution is -2.35. The van der Waals surface area contributed by atoms with Gasteiger partial charge in [-0.2, -0.15) is 0 Å². The number of hydrogen-bond donors (Lipinski definition) is 3. The van der Waals surface area contributed by atoms with Crippen LogP contribution in [0.3, 0.4) is 0 Å². The van der Waals surface area contributed by atoms with Crippen molar-refractivity contribution in [2.45, 2.75) is 34.1 Å². The maximum Gasteiger partial charge on any atom is 0.256 e. The Morgan fingerprint density at radius 1 is 1.23 bits per heavy atom. The Morgan fingerprint density at radius 2 is 1.97 bits per heavy atom. The van der Waals surface area contributed by atoms with Gasteiger partial charge >= 0.3 is 0 Å². The lowest BCUT2D eigenvalue weighted by atomic mass is 10.0. The molecular weight excluding hydrogens is 383 g/mol. The number of aryl methyl sites for hydroxylation is 1. The third-order valence-electron chi connectivity index (χ3n) is 5.67. The molecule has 3 rings (SSSR count). The zero-order valence-corrected chi connectivity index (χ0v) is 18.0. The number of nitrogens with one attached hydrogen (secondary N) is 3. The second kappa shape index (κ2) is 9.26. The van der Waals surface area contributed by atoms with E-state index in [1.54, 1.807) is 12.1 Å². The molecule has 30 heavy (non-hydrogen) atoms. The van der Waals surface area contributed by atoms with Crippen molar-refractivity contribution in [3.63, 3.8) is 0 Å². The number of rotatable bonds is 8. The molecule has 0 aliphatic carbocycles. The number of benzene rings is 1. The van der Waals surface area contributed by atoms with E-state index < -0.39 is 5.82 Å². The minimum Gasteiger partial charge on any atom is -0.359 e. The van der Waals surface area contributed by atoms with Gasteiger partial charge in [0.25, 0.3) is 5.91 Å². The molecule has 1 aromatic heterocycles. The van der Waals surface area contributed by atoms with Crippen molar-refractivity contribution < 1.29 is 14.0 Å². The second-order valence-corrected chi connectivity index (χ2v) is 7.52. The molecule has 0 radical (unpaired) electrons. The number of carbonyl (C=O) groups excluding carboxylic acids is 2. The zero-order valence-electron chi connectivity index (χ0n) is 18.0. The van der Waals surface area contributed by atoms with Crippen LogP contribution in [0.2, 0.25) is 0 Å². The quantitative estimate of drug-likeness (QED) is 0.583. The number of amides is 2. The van der Waals surface area contributed by atoms with E-state index in [1.807, 2.05) is 13.8 Å². The summed E-state index contributed by atoms with van der Waals surface area (Å²) in [5.74, 6) is -0.687. The van der Waals surface area contributed by atoms with Gasteiger partial charge in [-0.3, -0.25) is 9.59 Å². The molecular formula is C23H29FN4O2. The van der Waals surface area contributed by atoms with E-state index in [1.165, 1.54) is 12.1 Å². The molecule has 7 heteroatoms. The number of fused-ring (bicyclic) bond motifs is 1. The Balaban J connectivity index is 1.75. The highest BCUT2D eigenvalue weighted by Gasteiger charge is 2.25. The summed E-state index contributed by atoms with van der Waals surface area (Å²) in [4.78, 5) is 30.3. The van der Waals surface area contributed by atoms with Gasteiger partial charge in [0, 0.05) is 35.7 Å². The second-order valence-electron chi connectivity index (χ2n) is 7.52. The first kappa shape index (κ1) is 21.8. The molecule has 1 aliphatic rings. The Labute approximate surface area is 176 Å². The van der Waals surface area contributed by atoms with Crippen LogP contribution in [-0.2, 0) is 16.0 Å².